The fourth-order valence-corrected chi connectivity index (χ4v) is 4.17. The maximum absolute atomic E-state index is 13.0. The molecule has 1 aromatic heterocycles. The molecule has 0 spiro atoms. The molecule has 0 saturated carbocycles. The van der Waals surface area contributed by atoms with Gasteiger partial charge in [-0.25, -0.2) is 18.4 Å². The average molecular weight is 519 g/mol. The number of hydrogen-bond donors (Lipinski definition) is 3. The minimum absolute atomic E-state index is 0.0623. The SMILES string of the molecule is COc1ccc(-[n+]2[nH]oc(=O)c2CN2CCOC(CC(=O)Nc3ccc(S(N)(=O)=O)cc3)C2=O)cc1. The number of H-pyrrole nitrogens is 1. The predicted molar refractivity (Wildman–Crippen MR) is 124 cm³/mol. The highest BCUT2D eigenvalue weighted by molar-refractivity contribution is 7.89. The molecule has 190 valence electrons. The molecular formula is C22H24N5O8S+. The number of morpholine rings is 1. The van der Waals surface area contributed by atoms with Gasteiger partial charge in [-0.3, -0.25) is 14.1 Å². The van der Waals surface area contributed by atoms with Gasteiger partial charge >= 0.3 is 11.3 Å². The number of nitrogens with two attached hydrogens (primary N) is 1. The van der Waals surface area contributed by atoms with E-state index >= 15 is 0 Å². The van der Waals surface area contributed by atoms with Crippen LogP contribution in [0.15, 0.2) is 62.7 Å². The van der Waals surface area contributed by atoms with Gasteiger partial charge in [0.05, 0.1) is 25.0 Å². The van der Waals surface area contributed by atoms with Crippen LogP contribution in [0, 0.1) is 0 Å². The molecule has 1 fully saturated rings. The van der Waals surface area contributed by atoms with Crippen molar-refractivity contribution in [1.29, 1.82) is 0 Å². The summed E-state index contributed by atoms with van der Waals surface area (Å²) in [4.78, 5) is 39.2. The maximum Gasteiger partial charge on any atom is 0.432 e. The minimum Gasteiger partial charge on any atom is -0.497 e. The van der Waals surface area contributed by atoms with Crippen molar-refractivity contribution in [2.24, 2.45) is 5.14 Å². The third kappa shape index (κ3) is 5.62. The minimum atomic E-state index is -3.85. The van der Waals surface area contributed by atoms with Gasteiger partial charge in [-0.05, 0) is 46.4 Å². The molecule has 4 N–H and O–H groups in total. The summed E-state index contributed by atoms with van der Waals surface area (Å²) in [7, 11) is -2.31. The van der Waals surface area contributed by atoms with Crippen LogP contribution >= 0.6 is 0 Å². The van der Waals surface area contributed by atoms with Crippen LogP contribution in [-0.2, 0) is 30.9 Å². The number of aromatic amines is 1. The van der Waals surface area contributed by atoms with Crippen LogP contribution in [0.1, 0.15) is 12.1 Å². The first-order valence-corrected chi connectivity index (χ1v) is 12.3. The van der Waals surface area contributed by atoms with E-state index in [4.69, 9.17) is 19.1 Å². The second kappa shape index (κ2) is 10.3. The molecule has 2 heterocycles. The van der Waals surface area contributed by atoms with Crippen molar-refractivity contribution in [2.75, 3.05) is 25.6 Å². The normalized spacial score (nSPS) is 16.1. The van der Waals surface area contributed by atoms with Crippen LogP contribution < -0.4 is 25.5 Å². The summed E-state index contributed by atoms with van der Waals surface area (Å²) >= 11 is 0. The quantitative estimate of drug-likeness (QED) is 0.339. The van der Waals surface area contributed by atoms with E-state index in [0.717, 1.165) is 0 Å². The average Bonchev–Trinajstić information content (AvgIpc) is 3.21. The van der Waals surface area contributed by atoms with Crippen molar-refractivity contribution in [3.8, 4) is 11.4 Å². The Hall–Kier alpha value is -4.01. The first kappa shape index (κ1) is 25.1. The van der Waals surface area contributed by atoms with Gasteiger partial charge in [0.15, 0.2) is 0 Å². The van der Waals surface area contributed by atoms with E-state index in [1.807, 2.05) is 0 Å². The lowest BCUT2D eigenvalue weighted by Gasteiger charge is -2.30. The third-order valence-electron chi connectivity index (χ3n) is 5.51. The highest BCUT2D eigenvalue weighted by atomic mass is 32.2. The number of carbonyl (C=O) groups is 2. The van der Waals surface area contributed by atoms with E-state index in [1.165, 1.54) is 41.0 Å². The summed E-state index contributed by atoms with van der Waals surface area (Å²) in [5.41, 5.74) is 0.482. The molecule has 36 heavy (non-hydrogen) atoms. The Kier molecular flexibility index (Phi) is 7.19. The number of nitrogens with one attached hydrogen (secondary N) is 2. The molecule has 4 rings (SSSR count). The van der Waals surface area contributed by atoms with Crippen LogP contribution in [0.5, 0.6) is 5.75 Å². The van der Waals surface area contributed by atoms with Gasteiger partial charge in [-0.15, -0.1) is 0 Å². The summed E-state index contributed by atoms with van der Waals surface area (Å²) in [6, 6.07) is 12.2. The number of rotatable bonds is 8. The maximum atomic E-state index is 13.0. The molecule has 1 aliphatic heterocycles. The van der Waals surface area contributed by atoms with E-state index < -0.39 is 33.6 Å². The van der Waals surface area contributed by atoms with E-state index in [9.17, 15) is 22.8 Å². The van der Waals surface area contributed by atoms with Crippen LogP contribution in [0.4, 0.5) is 5.69 Å². The molecule has 0 bridgehead atoms. The molecular weight excluding hydrogens is 494 g/mol. The Balaban J connectivity index is 1.42. The largest absolute Gasteiger partial charge is 0.497 e. The number of nitrogens with zero attached hydrogens (tertiary/aromatic N) is 2. The zero-order valence-corrected chi connectivity index (χ0v) is 20.0. The Labute approximate surface area is 205 Å². The molecule has 1 saturated heterocycles. The number of methoxy groups -OCH3 is 1. The lowest BCUT2D eigenvalue weighted by Crippen LogP contribution is -2.51. The number of amides is 2. The smallest absolute Gasteiger partial charge is 0.432 e. The lowest BCUT2D eigenvalue weighted by atomic mass is 10.1. The number of carbonyl (C=O) groups excluding carboxylic acids is 2. The van der Waals surface area contributed by atoms with Crippen molar-refractivity contribution in [1.82, 2.24) is 10.2 Å². The van der Waals surface area contributed by atoms with Gasteiger partial charge in [0.1, 0.15) is 18.4 Å². The summed E-state index contributed by atoms with van der Waals surface area (Å²) in [5.74, 6) is -0.326. The van der Waals surface area contributed by atoms with E-state index in [0.29, 0.717) is 17.1 Å². The first-order valence-electron chi connectivity index (χ1n) is 10.8. The molecule has 13 nitrogen and oxygen atoms in total. The number of sulfonamides is 1. The monoisotopic (exact) mass is 518 g/mol. The fourth-order valence-electron chi connectivity index (χ4n) is 3.65. The highest BCUT2D eigenvalue weighted by Crippen LogP contribution is 2.17. The van der Waals surface area contributed by atoms with Gasteiger partial charge in [0.2, 0.25) is 21.6 Å². The Morgan fingerprint density at radius 2 is 1.89 bits per heavy atom. The molecule has 1 atom stereocenters. The molecule has 1 aliphatic rings. The van der Waals surface area contributed by atoms with E-state index in [-0.39, 0.29) is 36.7 Å². The van der Waals surface area contributed by atoms with Crippen molar-refractivity contribution < 1.29 is 36.7 Å². The zero-order chi connectivity index (χ0) is 25.9. The van der Waals surface area contributed by atoms with Gasteiger partial charge in [-0.2, -0.15) is 0 Å². The number of hydrogen-bond acceptors (Lipinski definition) is 8. The fraction of sp³-hybridized carbons (Fsp3) is 0.273. The number of benzene rings is 2. The van der Waals surface area contributed by atoms with Gasteiger partial charge < -0.3 is 19.7 Å². The van der Waals surface area contributed by atoms with E-state index in [1.54, 1.807) is 24.3 Å². The van der Waals surface area contributed by atoms with Crippen molar-refractivity contribution in [3.63, 3.8) is 0 Å². The van der Waals surface area contributed by atoms with Crippen LogP contribution in [0.25, 0.3) is 5.69 Å². The highest BCUT2D eigenvalue weighted by Gasteiger charge is 2.35. The Morgan fingerprint density at radius 3 is 2.53 bits per heavy atom. The molecule has 3 aromatic rings. The van der Waals surface area contributed by atoms with Crippen molar-refractivity contribution in [2.45, 2.75) is 24.0 Å². The Morgan fingerprint density at radius 1 is 1.19 bits per heavy atom. The van der Waals surface area contributed by atoms with Gasteiger partial charge in [0.25, 0.3) is 5.91 Å². The third-order valence-corrected chi connectivity index (χ3v) is 6.44. The van der Waals surface area contributed by atoms with Crippen molar-refractivity contribution in [3.05, 3.63) is 64.6 Å². The van der Waals surface area contributed by atoms with Crippen LogP contribution in [0.2, 0.25) is 0 Å². The van der Waals surface area contributed by atoms with Gasteiger partial charge in [0, 0.05) is 24.4 Å². The standard InChI is InChI=1S/C22H23N5O8S/c1-33-16-6-4-15(5-7-16)27-18(22(30)35-25-27)13-26-10-11-34-19(21(26)29)12-20(28)24-14-2-8-17(9-3-14)36(23,31)32/h2-9,19H,10-13H2,1H3,(H3-,23,24,25,28,30,31,32)/p+1. The topological polar surface area (TPSA) is 178 Å². The second-order valence-electron chi connectivity index (χ2n) is 7.90. The Bertz CT molecular complexity index is 1410. The number of ether oxygens (including phenoxy) is 2. The summed E-state index contributed by atoms with van der Waals surface area (Å²) < 4.78 is 39.7. The summed E-state index contributed by atoms with van der Waals surface area (Å²) in [5, 5.41) is 10.2. The van der Waals surface area contributed by atoms with E-state index in [2.05, 4.69) is 10.6 Å². The molecule has 0 radical (unpaired) electrons. The lowest BCUT2D eigenvalue weighted by molar-refractivity contribution is -0.678. The van der Waals surface area contributed by atoms with Crippen molar-refractivity contribution >= 4 is 27.5 Å². The second-order valence-corrected chi connectivity index (χ2v) is 9.46. The van der Waals surface area contributed by atoms with Crippen LogP contribution in [-0.4, -0.2) is 56.8 Å². The zero-order valence-electron chi connectivity index (χ0n) is 19.2. The molecule has 14 heteroatoms. The number of primary sulfonamides is 1. The first-order chi connectivity index (χ1) is 17.2. The molecule has 0 aliphatic carbocycles. The predicted octanol–water partition coefficient (Wildman–Crippen LogP) is -0.343. The molecule has 2 aromatic carbocycles. The number of anilines is 1. The summed E-state index contributed by atoms with van der Waals surface area (Å²) in [6.45, 7) is 0.331. The number of aromatic nitrogens is 2. The molecule has 1 unspecified atom stereocenters. The molecule has 2 amide bonds. The van der Waals surface area contributed by atoms with Crippen LogP contribution in [0.3, 0.4) is 0 Å². The van der Waals surface area contributed by atoms with Gasteiger partial charge in [-0.1, -0.05) is 0 Å². The summed E-state index contributed by atoms with van der Waals surface area (Å²) in [6.07, 6.45) is -1.32.